The zero-order valence-electron chi connectivity index (χ0n) is 14.0. The Labute approximate surface area is 138 Å². The maximum Gasteiger partial charge on any atom is 0.239 e. The zero-order chi connectivity index (χ0) is 16.7. The topological polar surface area (TPSA) is 77.0 Å². The third-order valence-corrected chi connectivity index (χ3v) is 4.34. The van der Waals surface area contributed by atoms with Gasteiger partial charge in [0.05, 0.1) is 29.6 Å². The molecule has 1 fully saturated rings. The molecular formula is C18H26N4O. The number of anilines is 2. The molecular weight excluding hydrogens is 288 g/mol. The maximum absolute atomic E-state index is 12.1. The van der Waals surface area contributed by atoms with E-state index in [1.165, 1.54) is 12.8 Å². The van der Waals surface area contributed by atoms with Crippen LogP contribution in [0.4, 0.5) is 11.4 Å². The van der Waals surface area contributed by atoms with Crippen molar-refractivity contribution in [2.24, 2.45) is 5.92 Å². The molecule has 0 aliphatic heterocycles. The number of nitrogens with one attached hydrogen (secondary N) is 3. The van der Waals surface area contributed by atoms with Gasteiger partial charge >= 0.3 is 0 Å². The average Bonchev–Trinajstić information content (AvgIpc) is 2.56. The van der Waals surface area contributed by atoms with E-state index in [1.54, 1.807) is 12.1 Å². The van der Waals surface area contributed by atoms with Crippen molar-refractivity contribution in [2.45, 2.75) is 45.6 Å². The number of hydrogen-bond donors (Lipinski definition) is 3. The second kappa shape index (κ2) is 8.42. The minimum Gasteiger partial charge on any atom is -0.384 e. The Morgan fingerprint density at radius 1 is 1.22 bits per heavy atom. The summed E-state index contributed by atoms with van der Waals surface area (Å²) >= 11 is 0. The Morgan fingerprint density at radius 3 is 2.61 bits per heavy atom. The number of hydrogen-bond acceptors (Lipinski definition) is 4. The van der Waals surface area contributed by atoms with Crippen molar-refractivity contribution < 1.29 is 4.79 Å². The summed E-state index contributed by atoms with van der Waals surface area (Å²) in [6, 6.07) is 7.84. The molecule has 1 saturated carbocycles. The number of nitriles is 1. The highest BCUT2D eigenvalue weighted by molar-refractivity contribution is 5.83. The summed E-state index contributed by atoms with van der Waals surface area (Å²) in [6.07, 6.45) is 4.51. The van der Waals surface area contributed by atoms with Gasteiger partial charge in [0.2, 0.25) is 5.91 Å². The predicted octanol–water partition coefficient (Wildman–Crippen LogP) is 3.10. The molecule has 0 bridgehead atoms. The van der Waals surface area contributed by atoms with Gasteiger partial charge in [-0.25, -0.2) is 0 Å². The summed E-state index contributed by atoms with van der Waals surface area (Å²) in [5.74, 6) is 0.784. The van der Waals surface area contributed by atoms with E-state index in [-0.39, 0.29) is 12.5 Å². The van der Waals surface area contributed by atoms with Gasteiger partial charge in [-0.1, -0.05) is 6.92 Å². The molecule has 23 heavy (non-hydrogen) atoms. The SMILES string of the molecule is CCNc1ccc(C#N)cc1NCC(=O)NC1CCC(C)CC1. The summed E-state index contributed by atoms with van der Waals surface area (Å²) in [6.45, 7) is 5.29. The maximum atomic E-state index is 12.1. The second-order valence-corrected chi connectivity index (χ2v) is 6.28. The van der Waals surface area contributed by atoms with E-state index in [0.717, 1.165) is 36.7 Å². The van der Waals surface area contributed by atoms with Crippen LogP contribution < -0.4 is 16.0 Å². The molecule has 1 aliphatic rings. The lowest BCUT2D eigenvalue weighted by Gasteiger charge is -2.27. The Morgan fingerprint density at radius 2 is 1.96 bits per heavy atom. The van der Waals surface area contributed by atoms with Crippen LogP contribution in [-0.2, 0) is 4.79 Å². The fourth-order valence-corrected chi connectivity index (χ4v) is 2.96. The van der Waals surface area contributed by atoms with Gasteiger partial charge in [0.1, 0.15) is 0 Å². The molecule has 2 rings (SSSR count). The van der Waals surface area contributed by atoms with E-state index in [1.807, 2.05) is 13.0 Å². The molecule has 0 saturated heterocycles. The van der Waals surface area contributed by atoms with E-state index in [0.29, 0.717) is 11.6 Å². The largest absolute Gasteiger partial charge is 0.384 e. The van der Waals surface area contributed by atoms with Crippen molar-refractivity contribution in [3.8, 4) is 6.07 Å². The van der Waals surface area contributed by atoms with E-state index in [9.17, 15) is 4.79 Å². The first-order valence-electron chi connectivity index (χ1n) is 8.43. The summed E-state index contributed by atoms with van der Waals surface area (Å²) in [5, 5.41) is 18.5. The van der Waals surface area contributed by atoms with Crippen molar-refractivity contribution in [1.82, 2.24) is 5.32 Å². The highest BCUT2D eigenvalue weighted by atomic mass is 16.1. The first-order chi connectivity index (χ1) is 11.1. The molecule has 0 heterocycles. The van der Waals surface area contributed by atoms with Crippen molar-refractivity contribution in [2.75, 3.05) is 23.7 Å². The number of carbonyl (C=O) groups excluding carboxylic acids is 1. The molecule has 1 aromatic rings. The third kappa shape index (κ3) is 5.17. The smallest absolute Gasteiger partial charge is 0.239 e. The molecule has 3 N–H and O–H groups in total. The van der Waals surface area contributed by atoms with Gasteiger partial charge in [-0.3, -0.25) is 4.79 Å². The third-order valence-electron chi connectivity index (χ3n) is 4.34. The standard InChI is InChI=1S/C18H26N4O/c1-3-20-16-9-6-14(11-19)10-17(16)21-12-18(23)22-15-7-4-13(2)5-8-15/h6,9-10,13,15,20-21H,3-5,7-8,12H2,1-2H3,(H,22,23). The van der Waals surface area contributed by atoms with E-state index < -0.39 is 0 Å². The van der Waals surface area contributed by atoms with Crippen LogP contribution in [-0.4, -0.2) is 25.0 Å². The van der Waals surface area contributed by atoms with Gasteiger partial charge in [-0.15, -0.1) is 0 Å². The normalized spacial score (nSPS) is 20.4. The molecule has 1 amide bonds. The Hall–Kier alpha value is -2.22. The lowest BCUT2D eigenvalue weighted by molar-refractivity contribution is -0.120. The van der Waals surface area contributed by atoms with Crippen molar-refractivity contribution in [3.05, 3.63) is 23.8 Å². The molecule has 1 aliphatic carbocycles. The van der Waals surface area contributed by atoms with Crippen molar-refractivity contribution >= 4 is 17.3 Å². The molecule has 5 nitrogen and oxygen atoms in total. The molecule has 0 unspecified atom stereocenters. The van der Waals surface area contributed by atoms with Crippen molar-refractivity contribution in [1.29, 1.82) is 5.26 Å². The first-order valence-corrected chi connectivity index (χ1v) is 8.43. The summed E-state index contributed by atoms with van der Waals surface area (Å²) in [4.78, 5) is 12.1. The minimum atomic E-state index is 0.00867. The Bertz CT molecular complexity index is 571. The molecule has 0 aromatic heterocycles. The molecule has 1 aromatic carbocycles. The van der Waals surface area contributed by atoms with Crippen LogP contribution in [0.25, 0.3) is 0 Å². The zero-order valence-corrected chi connectivity index (χ0v) is 14.0. The summed E-state index contributed by atoms with van der Waals surface area (Å²) in [7, 11) is 0. The quantitative estimate of drug-likeness (QED) is 0.754. The van der Waals surface area contributed by atoms with Crippen LogP contribution in [0.15, 0.2) is 18.2 Å². The Balaban J connectivity index is 1.89. The van der Waals surface area contributed by atoms with Gasteiger partial charge in [0, 0.05) is 12.6 Å². The van der Waals surface area contributed by atoms with Gasteiger partial charge in [-0.2, -0.15) is 5.26 Å². The van der Waals surface area contributed by atoms with Gasteiger partial charge < -0.3 is 16.0 Å². The number of nitrogens with zero attached hydrogens (tertiary/aromatic N) is 1. The highest BCUT2D eigenvalue weighted by Gasteiger charge is 2.19. The second-order valence-electron chi connectivity index (χ2n) is 6.28. The lowest BCUT2D eigenvalue weighted by Crippen LogP contribution is -2.40. The lowest BCUT2D eigenvalue weighted by atomic mass is 9.87. The summed E-state index contributed by atoms with van der Waals surface area (Å²) in [5.41, 5.74) is 2.28. The van der Waals surface area contributed by atoms with Gasteiger partial charge in [0.25, 0.3) is 0 Å². The van der Waals surface area contributed by atoms with E-state index in [2.05, 4.69) is 28.9 Å². The number of amides is 1. The molecule has 0 atom stereocenters. The van der Waals surface area contributed by atoms with E-state index in [4.69, 9.17) is 5.26 Å². The van der Waals surface area contributed by atoms with Crippen LogP contribution in [0.5, 0.6) is 0 Å². The van der Waals surface area contributed by atoms with Crippen LogP contribution in [0.2, 0.25) is 0 Å². The van der Waals surface area contributed by atoms with Gasteiger partial charge in [0.15, 0.2) is 0 Å². The number of rotatable bonds is 6. The fourth-order valence-electron chi connectivity index (χ4n) is 2.96. The predicted molar refractivity (Wildman–Crippen MR) is 93.4 cm³/mol. The van der Waals surface area contributed by atoms with Crippen LogP contribution in [0.1, 0.15) is 45.1 Å². The molecule has 124 valence electrons. The van der Waals surface area contributed by atoms with Crippen LogP contribution >= 0.6 is 0 Å². The minimum absolute atomic E-state index is 0.00867. The average molecular weight is 314 g/mol. The van der Waals surface area contributed by atoms with Gasteiger partial charge in [-0.05, 0) is 56.7 Å². The van der Waals surface area contributed by atoms with Crippen LogP contribution in [0.3, 0.4) is 0 Å². The van der Waals surface area contributed by atoms with Crippen molar-refractivity contribution in [3.63, 3.8) is 0 Å². The fraction of sp³-hybridized carbons (Fsp3) is 0.556. The summed E-state index contributed by atoms with van der Waals surface area (Å²) < 4.78 is 0. The highest BCUT2D eigenvalue weighted by Crippen LogP contribution is 2.24. The first kappa shape index (κ1) is 17.1. The monoisotopic (exact) mass is 314 g/mol. The number of benzene rings is 1. The molecule has 5 heteroatoms. The molecule has 0 spiro atoms. The molecule has 0 radical (unpaired) electrons. The number of carbonyl (C=O) groups is 1. The van der Waals surface area contributed by atoms with E-state index >= 15 is 0 Å². The van der Waals surface area contributed by atoms with Crippen LogP contribution in [0, 0.1) is 17.2 Å². The Kier molecular flexibility index (Phi) is 6.28.